The van der Waals surface area contributed by atoms with Crippen LogP contribution in [0.2, 0.25) is 0 Å². The molecule has 3 aromatic rings. The second-order valence-corrected chi connectivity index (χ2v) is 7.81. The molecule has 1 atom stereocenters. The first kappa shape index (κ1) is 21.5. The number of fused-ring (bicyclic) bond motifs is 1. The number of morpholine rings is 1. The van der Waals surface area contributed by atoms with Gasteiger partial charge in [0.25, 0.3) is 5.82 Å². The van der Waals surface area contributed by atoms with Crippen LogP contribution in [0.25, 0.3) is 5.65 Å². The lowest BCUT2D eigenvalue weighted by molar-refractivity contribution is -0.146. The van der Waals surface area contributed by atoms with Gasteiger partial charge in [-0.15, -0.1) is 15.3 Å². The third-order valence-electron chi connectivity index (χ3n) is 5.72. The molecule has 0 aliphatic carbocycles. The van der Waals surface area contributed by atoms with E-state index in [4.69, 9.17) is 4.74 Å². The maximum absolute atomic E-state index is 13.3. The van der Waals surface area contributed by atoms with Crippen LogP contribution in [-0.4, -0.2) is 57.6 Å². The molecule has 1 aromatic carbocycles. The van der Waals surface area contributed by atoms with E-state index in [9.17, 15) is 13.2 Å². The third kappa shape index (κ3) is 4.35. The zero-order valence-electron chi connectivity index (χ0n) is 17.7. The van der Waals surface area contributed by atoms with Crippen molar-refractivity contribution in [2.24, 2.45) is 0 Å². The monoisotopic (exact) mass is 434 g/mol. The Morgan fingerprint density at radius 3 is 2.52 bits per heavy atom. The van der Waals surface area contributed by atoms with Crippen LogP contribution in [0.15, 0.2) is 24.3 Å². The van der Waals surface area contributed by atoms with Crippen molar-refractivity contribution in [3.63, 3.8) is 0 Å². The van der Waals surface area contributed by atoms with Crippen molar-refractivity contribution in [2.75, 3.05) is 38.2 Å². The van der Waals surface area contributed by atoms with Gasteiger partial charge in [0, 0.05) is 25.2 Å². The topological polar surface area (TPSA) is 67.6 Å². The number of hydrogen-bond donors (Lipinski definition) is 1. The predicted octanol–water partition coefficient (Wildman–Crippen LogP) is 3.55. The van der Waals surface area contributed by atoms with E-state index in [1.165, 1.54) is 0 Å². The molecule has 1 saturated heterocycles. The van der Waals surface area contributed by atoms with Gasteiger partial charge in [-0.3, -0.25) is 4.90 Å². The van der Waals surface area contributed by atoms with Crippen molar-refractivity contribution in [2.45, 2.75) is 33.0 Å². The van der Waals surface area contributed by atoms with Gasteiger partial charge in [0.05, 0.1) is 19.3 Å². The van der Waals surface area contributed by atoms with Crippen molar-refractivity contribution in [3.8, 4) is 0 Å². The molecule has 0 saturated carbocycles. The number of nitrogens with one attached hydrogen (secondary N) is 1. The standard InChI is InChI=1S/C21H25F3N6O/c1-13-5-4-6-16(11-13)17(29-7-9-31-10-8-29)12-25-18-14(2)15(3)19-26-27-20(21(22,23)24)30(19)28-18/h4-6,11,17H,7-10,12H2,1-3H3,(H,25,28). The summed E-state index contributed by atoms with van der Waals surface area (Å²) in [7, 11) is 0. The van der Waals surface area contributed by atoms with Crippen molar-refractivity contribution in [1.29, 1.82) is 0 Å². The molecule has 0 bridgehead atoms. The number of aromatic nitrogens is 4. The third-order valence-corrected chi connectivity index (χ3v) is 5.72. The molecule has 166 valence electrons. The van der Waals surface area contributed by atoms with E-state index in [1.807, 2.05) is 26.0 Å². The summed E-state index contributed by atoms with van der Waals surface area (Å²) in [4.78, 5) is 2.33. The van der Waals surface area contributed by atoms with Crippen LogP contribution in [0.1, 0.15) is 34.1 Å². The molecule has 3 heterocycles. The molecule has 1 aliphatic rings. The number of rotatable bonds is 5. The Morgan fingerprint density at radius 1 is 1.10 bits per heavy atom. The Kier molecular flexibility index (Phi) is 5.85. The number of anilines is 1. The summed E-state index contributed by atoms with van der Waals surface area (Å²) < 4.78 is 46.3. The maximum Gasteiger partial charge on any atom is 0.453 e. The lowest BCUT2D eigenvalue weighted by atomic mass is 10.0. The number of halogens is 3. The normalized spacial score (nSPS) is 16.6. The highest BCUT2D eigenvalue weighted by Gasteiger charge is 2.38. The van der Waals surface area contributed by atoms with E-state index in [2.05, 4.69) is 37.6 Å². The second kappa shape index (κ2) is 8.43. The summed E-state index contributed by atoms with van der Waals surface area (Å²) in [6, 6.07) is 8.30. The van der Waals surface area contributed by atoms with Crippen LogP contribution in [0.4, 0.5) is 19.0 Å². The molecule has 2 aromatic heterocycles. The highest BCUT2D eigenvalue weighted by atomic mass is 19.4. The largest absolute Gasteiger partial charge is 0.453 e. The molecule has 0 radical (unpaired) electrons. The van der Waals surface area contributed by atoms with Gasteiger partial charge in [-0.2, -0.15) is 17.7 Å². The SMILES string of the molecule is Cc1cccc(C(CNc2nn3c(C(F)(F)F)nnc3c(C)c2C)N2CCOCC2)c1. The fourth-order valence-corrected chi connectivity index (χ4v) is 3.89. The minimum atomic E-state index is -4.64. The molecular weight excluding hydrogens is 409 g/mol. The first-order chi connectivity index (χ1) is 14.8. The minimum absolute atomic E-state index is 0.0315. The van der Waals surface area contributed by atoms with Crippen LogP contribution in [0.5, 0.6) is 0 Å². The summed E-state index contributed by atoms with van der Waals surface area (Å²) in [5, 5.41) is 14.5. The van der Waals surface area contributed by atoms with Gasteiger partial charge in [0.2, 0.25) is 0 Å². The lowest BCUT2D eigenvalue weighted by Gasteiger charge is -2.35. The number of nitrogens with zero attached hydrogens (tertiary/aromatic N) is 5. The Hall–Kier alpha value is -2.72. The Bertz CT molecular complexity index is 1070. The van der Waals surface area contributed by atoms with Gasteiger partial charge in [-0.1, -0.05) is 29.8 Å². The van der Waals surface area contributed by atoms with E-state index in [0.29, 0.717) is 31.1 Å². The summed E-state index contributed by atoms with van der Waals surface area (Å²) in [6.07, 6.45) is -4.64. The van der Waals surface area contributed by atoms with Crippen molar-refractivity contribution in [3.05, 3.63) is 52.3 Å². The molecule has 0 spiro atoms. The van der Waals surface area contributed by atoms with Gasteiger partial charge in [0.15, 0.2) is 5.65 Å². The highest BCUT2D eigenvalue weighted by Crippen LogP contribution is 2.30. The summed E-state index contributed by atoms with van der Waals surface area (Å²) >= 11 is 0. The van der Waals surface area contributed by atoms with Gasteiger partial charge in [-0.25, -0.2) is 0 Å². The zero-order valence-corrected chi connectivity index (χ0v) is 17.7. The van der Waals surface area contributed by atoms with E-state index < -0.39 is 12.0 Å². The zero-order chi connectivity index (χ0) is 22.2. The lowest BCUT2D eigenvalue weighted by Crippen LogP contribution is -2.41. The van der Waals surface area contributed by atoms with Crippen molar-refractivity contribution in [1.82, 2.24) is 24.7 Å². The van der Waals surface area contributed by atoms with E-state index >= 15 is 0 Å². The molecule has 0 amide bonds. The number of hydrogen-bond acceptors (Lipinski definition) is 6. The van der Waals surface area contributed by atoms with Crippen LogP contribution >= 0.6 is 0 Å². The van der Waals surface area contributed by atoms with Gasteiger partial charge in [-0.05, 0) is 31.9 Å². The quantitative estimate of drug-likeness (QED) is 0.663. The average Bonchev–Trinajstić information content (AvgIpc) is 3.17. The average molecular weight is 434 g/mol. The first-order valence-corrected chi connectivity index (χ1v) is 10.2. The molecule has 1 aliphatic heterocycles. The minimum Gasteiger partial charge on any atom is -0.379 e. The fourth-order valence-electron chi connectivity index (χ4n) is 3.89. The fraction of sp³-hybridized carbons (Fsp3) is 0.476. The summed E-state index contributed by atoms with van der Waals surface area (Å²) in [5.74, 6) is -0.738. The van der Waals surface area contributed by atoms with E-state index in [-0.39, 0.29) is 11.7 Å². The molecule has 1 unspecified atom stereocenters. The number of benzene rings is 1. The highest BCUT2D eigenvalue weighted by molar-refractivity contribution is 5.58. The number of alkyl halides is 3. The summed E-state index contributed by atoms with van der Waals surface area (Å²) in [6.45, 7) is 8.96. The predicted molar refractivity (Wildman–Crippen MR) is 110 cm³/mol. The van der Waals surface area contributed by atoms with Gasteiger partial charge < -0.3 is 10.1 Å². The number of ether oxygens (including phenoxy) is 1. The second-order valence-electron chi connectivity index (χ2n) is 7.81. The van der Waals surface area contributed by atoms with E-state index in [0.717, 1.165) is 34.3 Å². The molecule has 1 fully saturated rings. The molecule has 10 heteroatoms. The first-order valence-electron chi connectivity index (χ1n) is 10.2. The summed E-state index contributed by atoms with van der Waals surface area (Å²) in [5.41, 5.74) is 3.77. The maximum atomic E-state index is 13.3. The van der Waals surface area contributed by atoms with Crippen LogP contribution < -0.4 is 5.32 Å². The molecule has 4 rings (SSSR count). The Morgan fingerprint density at radius 2 is 1.84 bits per heavy atom. The molecule has 31 heavy (non-hydrogen) atoms. The van der Waals surface area contributed by atoms with Crippen LogP contribution in [-0.2, 0) is 10.9 Å². The smallest absolute Gasteiger partial charge is 0.379 e. The Balaban J connectivity index is 1.67. The van der Waals surface area contributed by atoms with Crippen LogP contribution in [0.3, 0.4) is 0 Å². The van der Waals surface area contributed by atoms with Gasteiger partial charge >= 0.3 is 6.18 Å². The van der Waals surface area contributed by atoms with Crippen molar-refractivity contribution >= 4 is 11.5 Å². The van der Waals surface area contributed by atoms with E-state index in [1.54, 1.807) is 6.92 Å². The van der Waals surface area contributed by atoms with Crippen LogP contribution in [0, 0.1) is 20.8 Å². The molecule has 7 nitrogen and oxygen atoms in total. The molecule has 1 N–H and O–H groups in total. The Labute approximate surface area is 178 Å². The molecular formula is C21H25F3N6O. The number of aryl methyl sites for hydroxylation is 2. The van der Waals surface area contributed by atoms with Crippen molar-refractivity contribution < 1.29 is 17.9 Å². The van der Waals surface area contributed by atoms with Gasteiger partial charge in [0.1, 0.15) is 5.82 Å².